The molecule has 2 heterocycles. The SMILES string of the molecule is CCNCCc1cn(Cc2c(Cl)c(CC)nn2C)cn1. The fourth-order valence-electron chi connectivity index (χ4n) is 2.18. The first-order valence-electron chi connectivity index (χ1n) is 7.07. The maximum absolute atomic E-state index is 6.36. The van der Waals surface area contributed by atoms with Crippen molar-refractivity contribution in [3.05, 3.63) is 34.6 Å². The number of rotatable bonds is 7. The lowest BCUT2D eigenvalue weighted by atomic mass is 10.3. The zero-order valence-corrected chi connectivity index (χ0v) is 13.1. The Kier molecular flexibility index (Phi) is 5.20. The fraction of sp³-hybridized carbons (Fsp3) is 0.571. The summed E-state index contributed by atoms with van der Waals surface area (Å²) in [5.41, 5.74) is 3.08. The van der Waals surface area contributed by atoms with Crippen molar-refractivity contribution in [2.24, 2.45) is 7.05 Å². The average Bonchev–Trinajstić information content (AvgIpc) is 2.99. The Morgan fingerprint density at radius 1 is 1.35 bits per heavy atom. The Balaban J connectivity index is 2.05. The summed E-state index contributed by atoms with van der Waals surface area (Å²) in [6.45, 7) is 6.82. The zero-order valence-electron chi connectivity index (χ0n) is 12.4. The summed E-state index contributed by atoms with van der Waals surface area (Å²) in [5.74, 6) is 0. The van der Waals surface area contributed by atoms with Crippen molar-refractivity contribution in [2.45, 2.75) is 33.2 Å². The molecule has 0 saturated carbocycles. The summed E-state index contributed by atoms with van der Waals surface area (Å²) in [6.07, 6.45) is 5.73. The van der Waals surface area contributed by atoms with Crippen LogP contribution >= 0.6 is 11.6 Å². The maximum Gasteiger partial charge on any atom is 0.0953 e. The largest absolute Gasteiger partial charge is 0.331 e. The molecule has 0 saturated heterocycles. The number of likely N-dealkylation sites (N-methyl/N-ethyl adjacent to an activating group) is 1. The molecule has 2 rings (SSSR count). The maximum atomic E-state index is 6.36. The van der Waals surface area contributed by atoms with Gasteiger partial charge in [-0.3, -0.25) is 4.68 Å². The van der Waals surface area contributed by atoms with Crippen molar-refractivity contribution in [1.82, 2.24) is 24.6 Å². The smallest absolute Gasteiger partial charge is 0.0953 e. The van der Waals surface area contributed by atoms with E-state index in [9.17, 15) is 0 Å². The molecule has 0 spiro atoms. The molecule has 0 atom stereocenters. The molecular weight excluding hydrogens is 274 g/mol. The molecule has 0 bridgehead atoms. The molecule has 1 N–H and O–H groups in total. The van der Waals surface area contributed by atoms with Gasteiger partial charge in [0.2, 0.25) is 0 Å². The van der Waals surface area contributed by atoms with E-state index in [0.29, 0.717) is 6.54 Å². The predicted octanol–water partition coefficient (Wildman–Crippen LogP) is 2.03. The molecule has 0 fully saturated rings. The van der Waals surface area contributed by atoms with Crippen molar-refractivity contribution in [3.8, 4) is 0 Å². The van der Waals surface area contributed by atoms with Crippen LogP contribution in [0.2, 0.25) is 5.02 Å². The highest BCUT2D eigenvalue weighted by Gasteiger charge is 2.13. The highest BCUT2D eigenvalue weighted by molar-refractivity contribution is 6.31. The van der Waals surface area contributed by atoms with E-state index in [-0.39, 0.29) is 0 Å². The predicted molar refractivity (Wildman–Crippen MR) is 81.2 cm³/mol. The number of nitrogens with zero attached hydrogens (tertiary/aromatic N) is 4. The quantitative estimate of drug-likeness (QED) is 0.795. The van der Waals surface area contributed by atoms with Gasteiger partial charge in [-0.15, -0.1) is 0 Å². The van der Waals surface area contributed by atoms with Crippen molar-refractivity contribution < 1.29 is 0 Å². The minimum absolute atomic E-state index is 0.705. The van der Waals surface area contributed by atoms with Gasteiger partial charge in [-0.1, -0.05) is 25.4 Å². The van der Waals surface area contributed by atoms with E-state index in [2.05, 4.69) is 40.0 Å². The number of aromatic nitrogens is 4. The van der Waals surface area contributed by atoms with E-state index in [1.165, 1.54) is 0 Å². The average molecular weight is 296 g/mol. The molecule has 2 aromatic heterocycles. The van der Waals surface area contributed by atoms with Crippen LogP contribution in [0.1, 0.15) is 30.9 Å². The molecule has 110 valence electrons. The van der Waals surface area contributed by atoms with Crippen molar-refractivity contribution in [3.63, 3.8) is 0 Å². The lowest BCUT2D eigenvalue weighted by molar-refractivity contribution is 0.659. The van der Waals surface area contributed by atoms with Gasteiger partial charge in [-0.25, -0.2) is 4.98 Å². The summed E-state index contributed by atoms with van der Waals surface area (Å²) in [4.78, 5) is 4.42. The molecule has 0 aliphatic rings. The lowest BCUT2D eigenvalue weighted by Crippen LogP contribution is -2.16. The van der Waals surface area contributed by atoms with Gasteiger partial charge in [0.1, 0.15) is 0 Å². The Morgan fingerprint density at radius 2 is 2.15 bits per heavy atom. The standard InChI is InChI=1S/C14H22ClN5/c1-4-12-14(15)13(19(3)18-12)9-20-8-11(17-10-20)6-7-16-5-2/h8,10,16H,4-7,9H2,1-3H3. The van der Waals surface area contributed by atoms with Gasteiger partial charge in [-0.2, -0.15) is 5.10 Å². The van der Waals surface area contributed by atoms with Crippen LogP contribution in [0, 0.1) is 0 Å². The summed E-state index contributed by atoms with van der Waals surface area (Å²) < 4.78 is 3.92. The first-order valence-corrected chi connectivity index (χ1v) is 7.45. The summed E-state index contributed by atoms with van der Waals surface area (Å²) in [6, 6.07) is 0. The summed E-state index contributed by atoms with van der Waals surface area (Å²) in [7, 11) is 1.93. The van der Waals surface area contributed by atoms with E-state index >= 15 is 0 Å². The molecule has 0 aliphatic heterocycles. The Morgan fingerprint density at radius 3 is 2.80 bits per heavy atom. The van der Waals surface area contributed by atoms with E-state index in [1.807, 2.05) is 18.1 Å². The molecule has 0 aliphatic carbocycles. The molecule has 20 heavy (non-hydrogen) atoms. The Labute approximate surface area is 125 Å². The molecule has 5 nitrogen and oxygen atoms in total. The normalized spacial score (nSPS) is 11.2. The van der Waals surface area contributed by atoms with Gasteiger partial charge in [0.15, 0.2) is 0 Å². The highest BCUT2D eigenvalue weighted by Crippen LogP contribution is 2.21. The topological polar surface area (TPSA) is 47.7 Å². The molecule has 2 aromatic rings. The second-order valence-corrected chi connectivity index (χ2v) is 5.20. The van der Waals surface area contributed by atoms with Gasteiger partial charge in [0.05, 0.1) is 35.0 Å². The van der Waals surface area contributed by atoms with E-state index < -0.39 is 0 Å². The third-order valence-corrected chi connectivity index (χ3v) is 3.77. The van der Waals surface area contributed by atoms with Crippen LogP contribution in [0.25, 0.3) is 0 Å². The van der Waals surface area contributed by atoms with Gasteiger partial charge >= 0.3 is 0 Å². The molecule has 0 amide bonds. The summed E-state index contributed by atoms with van der Waals surface area (Å²) in [5, 5.41) is 8.51. The van der Waals surface area contributed by atoms with E-state index in [1.54, 1.807) is 0 Å². The molecule has 0 radical (unpaired) electrons. The van der Waals surface area contributed by atoms with Gasteiger partial charge in [0, 0.05) is 26.2 Å². The second-order valence-electron chi connectivity index (χ2n) is 4.83. The third-order valence-electron chi connectivity index (χ3n) is 3.33. The van der Waals surface area contributed by atoms with E-state index in [4.69, 9.17) is 11.6 Å². The van der Waals surface area contributed by atoms with Crippen molar-refractivity contribution >= 4 is 11.6 Å². The van der Waals surface area contributed by atoms with Crippen LogP contribution in [0.15, 0.2) is 12.5 Å². The molecule has 0 aromatic carbocycles. The minimum atomic E-state index is 0.705. The van der Waals surface area contributed by atoms with Crippen LogP contribution in [-0.2, 0) is 26.4 Å². The first kappa shape index (κ1) is 15.1. The van der Waals surface area contributed by atoms with Crippen LogP contribution in [0.4, 0.5) is 0 Å². The van der Waals surface area contributed by atoms with Crippen molar-refractivity contribution in [2.75, 3.05) is 13.1 Å². The monoisotopic (exact) mass is 295 g/mol. The second kappa shape index (κ2) is 6.90. The number of halogens is 1. The number of imidazole rings is 1. The number of hydrogen-bond acceptors (Lipinski definition) is 3. The molecule has 6 heteroatoms. The molecular formula is C14H22ClN5. The van der Waals surface area contributed by atoms with Crippen molar-refractivity contribution in [1.29, 1.82) is 0 Å². The van der Waals surface area contributed by atoms with Crippen LogP contribution < -0.4 is 5.32 Å². The fourth-order valence-corrected chi connectivity index (χ4v) is 2.53. The van der Waals surface area contributed by atoms with E-state index in [0.717, 1.165) is 48.0 Å². The molecule has 0 unspecified atom stereocenters. The number of aryl methyl sites for hydroxylation is 2. The lowest BCUT2D eigenvalue weighted by Gasteiger charge is -2.03. The minimum Gasteiger partial charge on any atom is -0.331 e. The number of nitrogens with one attached hydrogen (secondary N) is 1. The zero-order chi connectivity index (χ0) is 14.5. The van der Waals surface area contributed by atoms with Gasteiger partial charge in [0.25, 0.3) is 0 Å². The number of hydrogen-bond donors (Lipinski definition) is 1. The van der Waals surface area contributed by atoms with Gasteiger partial charge < -0.3 is 9.88 Å². The third kappa shape index (κ3) is 3.41. The van der Waals surface area contributed by atoms with Crippen LogP contribution in [0.3, 0.4) is 0 Å². The Bertz CT molecular complexity index is 558. The first-order chi connectivity index (χ1) is 9.65. The van der Waals surface area contributed by atoms with Gasteiger partial charge in [-0.05, 0) is 13.0 Å². The van der Waals surface area contributed by atoms with Crippen LogP contribution in [-0.4, -0.2) is 32.4 Å². The highest BCUT2D eigenvalue weighted by atomic mass is 35.5. The van der Waals surface area contributed by atoms with Crippen LogP contribution in [0.5, 0.6) is 0 Å². The summed E-state index contributed by atoms with van der Waals surface area (Å²) >= 11 is 6.36. The Hall–Kier alpha value is -1.33.